The molecule has 0 spiro atoms. The molecule has 0 radical (unpaired) electrons. The van der Waals surface area contributed by atoms with Crippen LogP contribution in [0.5, 0.6) is 0 Å². The van der Waals surface area contributed by atoms with E-state index in [1.165, 1.54) is 76.6 Å². The van der Waals surface area contributed by atoms with Gasteiger partial charge in [0.25, 0.3) is 0 Å². The maximum absolute atomic E-state index is 2.44. The normalized spacial score (nSPS) is 10.1. The maximum Gasteiger partial charge on any atom is 4.00 e. The molecule has 0 nitrogen and oxygen atoms in total. The summed E-state index contributed by atoms with van der Waals surface area (Å²) in [4.78, 5) is 0. The van der Waals surface area contributed by atoms with E-state index in [9.17, 15) is 0 Å². The Morgan fingerprint density at radius 3 is 1.71 bits per heavy atom. The summed E-state index contributed by atoms with van der Waals surface area (Å²) in [6.45, 7) is 15.6. The van der Waals surface area contributed by atoms with Crippen LogP contribution in [0, 0.1) is 34.6 Å². The molecule has 0 heterocycles. The summed E-state index contributed by atoms with van der Waals surface area (Å²) in [5.41, 5.74) is 7.34. The molecule has 0 aliphatic rings. The molecule has 170 valence electrons. The van der Waals surface area contributed by atoms with E-state index in [0.717, 1.165) is 0 Å². The molecule has 0 fully saturated rings. The van der Waals surface area contributed by atoms with Crippen molar-refractivity contribution in [3.05, 3.63) is 64.2 Å². The van der Waals surface area contributed by atoms with Crippen LogP contribution >= 0.6 is 7.92 Å². The third kappa shape index (κ3) is 9.08. The van der Waals surface area contributed by atoms with Gasteiger partial charge in [-0.3, -0.25) is 0 Å². The molecular formula is C27H39Cl2HfP. The monoisotopic (exact) mass is 644 g/mol. The van der Waals surface area contributed by atoms with E-state index in [2.05, 4.69) is 84.9 Å². The minimum atomic E-state index is 0. The van der Waals surface area contributed by atoms with Gasteiger partial charge < -0.3 is 24.8 Å². The van der Waals surface area contributed by atoms with Crippen LogP contribution in [0.1, 0.15) is 67.3 Å². The van der Waals surface area contributed by atoms with Crippen LogP contribution in [0.4, 0.5) is 0 Å². The number of halogens is 2. The van der Waals surface area contributed by atoms with Gasteiger partial charge in [-0.25, -0.2) is 0 Å². The van der Waals surface area contributed by atoms with Gasteiger partial charge >= 0.3 is 25.8 Å². The molecule has 3 aromatic carbocycles. The Bertz CT molecular complexity index is 758. The molecule has 0 unspecified atom stereocenters. The first-order valence-corrected chi connectivity index (χ1v) is 12.7. The Labute approximate surface area is 224 Å². The predicted molar refractivity (Wildman–Crippen MR) is 131 cm³/mol. The van der Waals surface area contributed by atoms with Gasteiger partial charge in [-0.05, 0) is 25.2 Å². The molecule has 0 amide bonds. The summed E-state index contributed by atoms with van der Waals surface area (Å²) in [5, 5.41) is 4.48. The van der Waals surface area contributed by atoms with Gasteiger partial charge in [0.1, 0.15) is 0 Å². The van der Waals surface area contributed by atoms with Crippen LogP contribution < -0.4 is 30.1 Å². The summed E-state index contributed by atoms with van der Waals surface area (Å²) in [7, 11) is 0.0856. The standard InChI is InChI=1S/C17H24P.C10H15.2ClH.Hf/c1-3-5-11-18(12-6-4-2)17-13-15-9-7-8-10-16(15)14-17;1-6-7(2)9(4)10(5)8(6)3;;;/h7-10,13-14H,3-6,11-12H2,1-2H3;1-5H3;2*1H;/q2*-1;;;+4/p-2. The van der Waals surface area contributed by atoms with E-state index in [1.807, 2.05) is 0 Å². The van der Waals surface area contributed by atoms with Gasteiger partial charge in [-0.1, -0.05) is 75.3 Å². The molecular weight excluding hydrogens is 605 g/mol. The molecule has 0 atom stereocenters. The first-order chi connectivity index (χ1) is 13.4. The average molecular weight is 644 g/mol. The smallest absolute Gasteiger partial charge is 1.00 e. The van der Waals surface area contributed by atoms with Gasteiger partial charge in [-0.15, -0.1) is 40.3 Å². The molecule has 0 saturated heterocycles. The quantitative estimate of drug-likeness (QED) is 0.211. The number of benzene rings is 1. The summed E-state index contributed by atoms with van der Waals surface area (Å²) in [6.07, 6.45) is 8.26. The average Bonchev–Trinajstić information content (AvgIpc) is 3.21. The first-order valence-electron chi connectivity index (χ1n) is 11.0. The fraction of sp³-hybridized carbons (Fsp3) is 0.481. The first kappa shape index (κ1) is 33.2. The summed E-state index contributed by atoms with van der Waals surface area (Å²) >= 11 is 0. The van der Waals surface area contributed by atoms with E-state index < -0.39 is 0 Å². The number of hydrogen-bond donors (Lipinski definition) is 0. The minimum absolute atomic E-state index is 0. The van der Waals surface area contributed by atoms with Crippen molar-refractivity contribution in [3.8, 4) is 0 Å². The fourth-order valence-corrected chi connectivity index (χ4v) is 6.57. The Morgan fingerprint density at radius 2 is 1.32 bits per heavy atom. The molecule has 0 saturated carbocycles. The number of unbranched alkanes of at least 4 members (excludes halogenated alkanes) is 2. The van der Waals surface area contributed by atoms with E-state index in [0.29, 0.717) is 0 Å². The van der Waals surface area contributed by atoms with Crippen molar-refractivity contribution in [3.63, 3.8) is 0 Å². The zero-order chi connectivity index (χ0) is 20.7. The van der Waals surface area contributed by atoms with Crippen molar-refractivity contribution in [2.24, 2.45) is 0 Å². The molecule has 0 aromatic heterocycles. The Balaban J connectivity index is 0. The molecule has 4 heteroatoms. The largest absolute Gasteiger partial charge is 4.00 e. The summed E-state index contributed by atoms with van der Waals surface area (Å²) in [5.74, 6) is 0. The van der Waals surface area contributed by atoms with Crippen molar-refractivity contribution in [1.82, 2.24) is 0 Å². The second-order valence-electron chi connectivity index (χ2n) is 8.16. The molecule has 0 aliphatic carbocycles. The SMILES string of the molecule is CCCCP(CCCC)c1cc2ccccc2[cH-]1.Cc1c(C)c(C)[c-](C)c1C.[Cl-].[Cl-].[Hf+4]. The number of fused-ring (bicyclic) bond motifs is 1. The number of hydrogen-bond acceptors (Lipinski definition) is 0. The fourth-order valence-electron chi connectivity index (χ4n) is 3.79. The van der Waals surface area contributed by atoms with E-state index in [-0.39, 0.29) is 58.6 Å². The molecule has 0 bridgehead atoms. The van der Waals surface area contributed by atoms with Crippen LogP contribution in [-0.2, 0) is 25.8 Å². The van der Waals surface area contributed by atoms with Crippen LogP contribution in [0.15, 0.2) is 36.4 Å². The van der Waals surface area contributed by atoms with Gasteiger partial charge in [0.2, 0.25) is 0 Å². The Morgan fingerprint density at radius 1 is 0.839 bits per heavy atom. The van der Waals surface area contributed by atoms with Crippen LogP contribution in [0.2, 0.25) is 0 Å². The molecule has 3 rings (SSSR count). The van der Waals surface area contributed by atoms with Crippen molar-refractivity contribution in [1.29, 1.82) is 0 Å². The third-order valence-corrected chi connectivity index (χ3v) is 9.04. The molecule has 0 aliphatic heterocycles. The van der Waals surface area contributed by atoms with Gasteiger partial charge in [0.05, 0.1) is 0 Å². The van der Waals surface area contributed by atoms with Crippen molar-refractivity contribution in [2.75, 3.05) is 12.3 Å². The predicted octanol–water partition coefficient (Wildman–Crippen LogP) is 2.22. The van der Waals surface area contributed by atoms with Crippen LogP contribution in [0.25, 0.3) is 10.8 Å². The van der Waals surface area contributed by atoms with Gasteiger partial charge in [0, 0.05) is 0 Å². The Kier molecular flexibility index (Phi) is 17.8. The van der Waals surface area contributed by atoms with Gasteiger partial charge in [-0.2, -0.15) is 33.9 Å². The summed E-state index contributed by atoms with van der Waals surface area (Å²) < 4.78 is 0. The molecule has 31 heavy (non-hydrogen) atoms. The van der Waals surface area contributed by atoms with Crippen LogP contribution in [-0.4, -0.2) is 12.3 Å². The Hall–Kier alpha value is 0.0601. The zero-order valence-corrected chi connectivity index (χ0v) is 26.4. The van der Waals surface area contributed by atoms with E-state index in [1.54, 1.807) is 5.30 Å². The third-order valence-electron chi connectivity index (χ3n) is 6.34. The van der Waals surface area contributed by atoms with Crippen molar-refractivity contribution < 1.29 is 50.7 Å². The molecule has 3 aromatic rings. The van der Waals surface area contributed by atoms with Gasteiger partial charge in [0.15, 0.2) is 0 Å². The van der Waals surface area contributed by atoms with Crippen LogP contribution in [0.3, 0.4) is 0 Å². The van der Waals surface area contributed by atoms with Crippen molar-refractivity contribution >= 4 is 24.0 Å². The maximum atomic E-state index is 2.44. The topological polar surface area (TPSA) is 0 Å². The summed E-state index contributed by atoms with van der Waals surface area (Å²) in [6, 6.07) is 13.6. The second-order valence-corrected chi connectivity index (χ2v) is 10.7. The van der Waals surface area contributed by atoms with E-state index >= 15 is 0 Å². The zero-order valence-electron chi connectivity index (χ0n) is 20.4. The van der Waals surface area contributed by atoms with Crippen molar-refractivity contribution in [2.45, 2.75) is 74.1 Å². The molecule has 0 N–H and O–H groups in total. The number of rotatable bonds is 7. The second kappa shape index (κ2) is 16.6. The van der Waals surface area contributed by atoms with E-state index in [4.69, 9.17) is 0 Å². The minimum Gasteiger partial charge on any atom is -1.00 e.